The van der Waals surface area contributed by atoms with Crippen molar-refractivity contribution in [2.45, 2.75) is 12.6 Å². The topological polar surface area (TPSA) is 24.9 Å². The number of hydrogen-bond acceptors (Lipinski definition) is 5. The van der Waals surface area contributed by atoms with E-state index in [0.29, 0.717) is 6.10 Å². The van der Waals surface area contributed by atoms with Crippen LogP contribution in [0, 0.1) is 0 Å². The van der Waals surface area contributed by atoms with E-state index in [1.807, 2.05) is 11.3 Å². The van der Waals surface area contributed by atoms with Crippen LogP contribution < -0.4 is 0 Å². The number of hydrogen-bond donors (Lipinski definition) is 0. The molecule has 0 spiro atoms. The summed E-state index contributed by atoms with van der Waals surface area (Å²) in [6.07, 6.45) is 0.354. The Labute approximate surface area is 118 Å². The summed E-state index contributed by atoms with van der Waals surface area (Å²) in [4.78, 5) is 6.43. The van der Waals surface area contributed by atoms with Gasteiger partial charge in [0.1, 0.15) is 0 Å². The predicted octanol–water partition coefficient (Wildman–Crippen LogP) is 1.28. The summed E-state index contributed by atoms with van der Waals surface area (Å²) in [6, 6.07) is 4.35. The first kappa shape index (κ1) is 13.5. The molecule has 2 fully saturated rings. The minimum atomic E-state index is 0.354. The third-order valence-corrected chi connectivity index (χ3v) is 4.61. The van der Waals surface area contributed by atoms with E-state index < -0.39 is 0 Å². The molecule has 3 rings (SSSR count). The summed E-state index contributed by atoms with van der Waals surface area (Å²) >= 11 is 1.84. The van der Waals surface area contributed by atoms with Crippen LogP contribution in [-0.4, -0.2) is 68.4 Å². The van der Waals surface area contributed by atoms with Gasteiger partial charge in [0.2, 0.25) is 0 Å². The van der Waals surface area contributed by atoms with Crippen LogP contribution in [0.15, 0.2) is 17.5 Å². The summed E-state index contributed by atoms with van der Waals surface area (Å²) in [5.74, 6) is 0. The van der Waals surface area contributed by atoms with Gasteiger partial charge in [-0.2, -0.15) is 0 Å². The molecule has 19 heavy (non-hydrogen) atoms. The lowest BCUT2D eigenvalue weighted by Crippen LogP contribution is -2.49. The maximum Gasteiger partial charge on any atom is 0.0829 e. The maximum atomic E-state index is 5.91. The Bertz CT molecular complexity index is 366. The lowest BCUT2D eigenvalue weighted by atomic mass is 10.2. The minimum absolute atomic E-state index is 0.354. The van der Waals surface area contributed by atoms with Crippen LogP contribution in [0.25, 0.3) is 0 Å². The number of rotatable bonds is 4. The SMILES string of the molecule is c1csc(CN2CCOC(CN3CCOCC3)C2)c1. The zero-order valence-electron chi connectivity index (χ0n) is 11.3. The van der Waals surface area contributed by atoms with Crippen LogP contribution in [0.3, 0.4) is 0 Å². The van der Waals surface area contributed by atoms with Crippen LogP contribution in [-0.2, 0) is 16.0 Å². The Hall–Kier alpha value is -0.460. The molecule has 0 aromatic carbocycles. The second-order valence-corrected chi connectivity index (χ2v) is 6.25. The molecular weight excluding hydrogens is 260 g/mol. The van der Waals surface area contributed by atoms with Gasteiger partial charge in [-0.15, -0.1) is 11.3 Å². The number of nitrogens with zero attached hydrogens (tertiary/aromatic N) is 2. The summed E-state index contributed by atoms with van der Waals surface area (Å²) < 4.78 is 11.3. The van der Waals surface area contributed by atoms with Gasteiger partial charge >= 0.3 is 0 Å². The first-order valence-corrected chi connectivity index (χ1v) is 7.94. The van der Waals surface area contributed by atoms with Gasteiger partial charge in [0.25, 0.3) is 0 Å². The van der Waals surface area contributed by atoms with Gasteiger partial charge < -0.3 is 9.47 Å². The fourth-order valence-corrected chi connectivity index (χ4v) is 3.48. The highest BCUT2D eigenvalue weighted by molar-refractivity contribution is 7.09. The van der Waals surface area contributed by atoms with E-state index >= 15 is 0 Å². The van der Waals surface area contributed by atoms with Gasteiger partial charge in [0, 0.05) is 44.1 Å². The quantitative estimate of drug-likeness (QED) is 0.830. The van der Waals surface area contributed by atoms with Crippen molar-refractivity contribution < 1.29 is 9.47 Å². The lowest BCUT2D eigenvalue weighted by Gasteiger charge is -2.36. The van der Waals surface area contributed by atoms with E-state index in [0.717, 1.165) is 59.1 Å². The fraction of sp³-hybridized carbons (Fsp3) is 0.714. The maximum absolute atomic E-state index is 5.91. The van der Waals surface area contributed by atoms with Crippen molar-refractivity contribution in [3.8, 4) is 0 Å². The van der Waals surface area contributed by atoms with Gasteiger partial charge in [-0.25, -0.2) is 0 Å². The first-order chi connectivity index (χ1) is 9.40. The first-order valence-electron chi connectivity index (χ1n) is 7.06. The molecule has 0 radical (unpaired) electrons. The molecule has 0 aliphatic carbocycles. The number of morpholine rings is 2. The Balaban J connectivity index is 1.47. The van der Waals surface area contributed by atoms with E-state index in [1.165, 1.54) is 4.88 Å². The summed E-state index contributed by atoms with van der Waals surface area (Å²) in [5, 5.41) is 2.15. The highest BCUT2D eigenvalue weighted by Gasteiger charge is 2.23. The van der Waals surface area contributed by atoms with Crippen molar-refractivity contribution in [3.63, 3.8) is 0 Å². The zero-order valence-corrected chi connectivity index (χ0v) is 12.1. The number of thiophene rings is 1. The molecule has 1 aromatic heterocycles. The Morgan fingerprint density at radius 1 is 1.16 bits per heavy atom. The van der Waals surface area contributed by atoms with E-state index in [-0.39, 0.29) is 0 Å². The average molecular weight is 282 g/mol. The summed E-state index contributed by atoms with van der Waals surface area (Å²) in [6.45, 7) is 8.91. The normalized spacial score (nSPS) is 26.6. The highest BCUT2D eigenvalue weighted by atomic mass is 32.1. The van der Waals surface area contributed by atoms with Gasteiger partial charge in [-0.1, -0.05) is 6.07 Å². The fourth-order valence-electron chi connectivity index (χ4n) is 2.73. The van der Waals surface area contributed by atoms with E-state index in [1.54, 1.807) is 0 Å². The molecule has 0 saturated carbocycles. The lowest BCUT2D eigenvalue weighted by molar-refractivity contribution is -0.0587. The Kier molecular flexibility index (Phi) is 4.85. The third-order valence-electron chi connectivity index (χ3n) is 3.75. The molecule has 5 heteroatoms. The summed E-state index contributed by atoms with van der Waals surface area (Å²) in [5.41, 5.74) is 0. The van der Waals surface area contributed by atoms with Crippen LogP contribution in [0.4, 0.5) is 0 Å². The standard InChI is InChI=1S/C14H22N2O2S/c1-2-14(19-9-1)12-16-5-8-18-13(11-16)10-15-3-6-17-7-4-15/h1-2,9,13H,3-8,10-12H2. The average Bonchev–Trinajstić information content (AvgIpc) is 2.93. The predicted molar refractivity (Wildman–Crippen MR) is 76.6 cm³/mol. The largest absolute Gasteiger partial charge is 0.379 e. The Morgan fingerprint density at radius 2 is 2.00 bits per heavy atom. The van der Waals surface area contributed by atoms with Crippen molar-refractivity contribution in [2.24, 2.45) is 0 Å². The molecule has 4 nitrogen and oxygen atoms in total. The molecule has 0 amide bonds. The molecule has 2 saturated heterocycles. The van der Waals surface area contributed by atoms with E-state index in [2.05, 4.69) is 27.3 Å². The second kappa shape index (κ2) is 6.81. The molecule has 1 unspecified atom stereocenters. The zero-order chi connectivity index (χ0) is 12.9. The molecule has 0 N–H and O–H groups in total. The van der Waals surface area contributed by atoms with Crippen LogP contribution >= 0.6 is 11.3 Å². The molecule has 106 valence electrons. The van der Waals surface area contributed by atoms with E-state index in [4.69, 9.17) is 9.47 Å². The Morgan fingerprint density at radius 3 is 2.79 bits per heavy atom. The van der Waals surface area contributed by atoms with Crippen LogP contribution in [0.2, 0.25) is 0 Å². The van der Waals surface area contributed by atoms with Gasteiger partial charge in [-0.3, -0.25) is 9.80 Å². The van der Waals surface area contributed by atoms with Gasteiger partial charge in [0.15, 0.2) is 0 Å². The molecule has 1 aromatic rings. The number of ether oxygens (including phenoxy) is 2. The molecule has 2 aliphatic rings. The van der Waals surface area contributed by atoms with E-state index in [9.17, 15) is 0 Å². The minimum Gasteiger partial charge on any atom is -0.379 e. The van der Waals surface area contributed by atoms with Crippen molar-refractivity contribution in [1.82, 2.24) is 9.80 Å². The highest BCUT2D eigenvalue weighted by Crippen LogP contribution is 2.15. The molecule has 3 heterocycles. The van der Waals surface area contributed by atoms with Crippen molar-refractivity contribution in [1.29, 1.82) is 0 Å². The molecule has 2 aliphatic heterocycles. The van der Waals surface area contributed by atoms with Crippen LogP contribution in [0.1, 0.15) is 4.88 Å². The van der Waals surface area contributed by atoms with Gasteiger partial charge in [-0.05, 0) is 11.4 Å². The molecule has 0 bridgehead atoms. The van der Waals surface area contributed by atoms with Gasteiger partial charge in [0.05, 0.1) is 25.9 Å². The molecular formula is C14H22N2O2S. The molecule has 1 atom stereocenters. The van der Waals surface area contributed by atoms with Crippen molar-refractivity contribution in [2.75, 3.05) is 52.5 Å². The third kappa shape index (κ3) is 4.00. The van der Waals surface area contributed by atoms with Crippen molar-refractivity contribution in [3.05, 3.63) is 22.4 Å². The monoisotopic (exact) mass is 282 g/mol. The van der Waals surface area contributed by atoms with Crippen molar-refractivity contribution >= 4 is 11.3 Å². The second-order valence-electron chi connectivity index (χ2n) is 5.22. The van der Waals surface area contributed by atoms with Crippen LogP contribution in [0.5, 0.6) is 0 Å². The smallest absolute Gasteiger partial charge is 0.0829 e. The summed E-state index contributed by atoms with van der Waals surface area (Å²) in [7, 11) is 0.